The molecule has 0 amide bonds. The standard InChI is InChI=1S/C32H30N2O4S2/c1-3-22(20-29-33(4-2)31-25-12-7-5-10-23(25)14-16-27(31)38-29)21-30-34(18-9-19-40(35,36)37)32-26-13-8-6-11-24(26)15-17-28(32)39-30/h5-8,10-17,20-21H,3-4,9,18-19H2,1-2H3/p+1. The molecular weight excluding hydrogens is 540 g/mol. The first-order valence-electron chi connectivity index (χ1n) is 13.5. The van der Waals surface area contributed by atoms with E-state index in [1.807, 2.05) is 18.2 Å². The van der Waals surface area contributed by atoms with Gasteiger partial charge >= 0.3 is 0 Å². The Bertz CT molecular complexity index is 1920. The number of nitrogens with zero attached hydrogens (tertiary/aromatic N) is 2. The van der Waals surface area contributed by atoms with Gasteiger partial charge in [-0.1, -0.05) is 72.9 Å². The van der Waals surface area contributed by atoms with Crippen molar-refractivity contribution in [3.63, 3.8) is 0 Å². The Hall–Kier alpha value is -3.72. The first-order chi connectivity index (χ1) is 19.4. The molecule has 0 saturated heterocycles. The molecule has 2 heterocycles. The van der Waals surface area contributed by atoms with E-state index in [-0.39, 0.29) is 5.75 Å². The zero-order chi connectivity index (χ0) is 27.9. The fraction of sp³-hybridized carbons (Fsp3) is 0.219. The Balaban J connectivity index is 1.44. The van der Waals surface area contributed by atoms with Gasteiger partial charge in [0.25, 0.3) is 15.1 Å². The number of hydrogen-bond donors (Lipinski definition) is 1. The maximum absolute atomic E-state index is 11.5. The minimum absolute atomic E-state index is 0.276. The molecule has 0 radical (unpaired) electrons. The number of aromatic nitrogens is 1. The number of rotatable bonds is 8. The summed E-state index contributed by atoms with van der Waals surface area (Å²) in [5.74, 6) is 1.38. The van der Waals surface area contributed by atoms with Gasteiger partial charge in [-0.2, -0.15) is 13.0 Å². The van der Waals surface area contributed by atoms with Gasteiger partial charge in [-0.25, -0.2) is 0 Å². The quantitative estimate of drug-likeness (QED) is 0.156. The average Bonchev–Trinajstić information content (AvgIpc) is 3.49. The van der Waals surface area contributed by atoms with Gasteiger partial charge in [-0.05, 0) is 47.9 Å². The summed E-state index contributed by atoms with van der Waals surface area (Å²) in [6, 6.07) is 25.0. The SMILES string of the molecule is CCC(=Cc1sc2ccc3ccccc3c2[n+]1CCCS(=O)(=O)O)C=C1Oc2ccc3ccccc3c2N1CC. The summed E-state index contributed by atoms with van der Waals surface area (Å²) in [5, 5.41) is 5.63. The molecule has 0 saturated carbocycles. The maximum atomic E-state index is 11.5. The van der Waals surface area contributed by atoms with Crippen LogP contribution in [-0.4, -0.2) is 25.3 Å². The summed E-state index contributed by atoms with van der Waals surface area (Å²) in [4.78, 5) is 2.22. The van der Waals surface area contributed by atoms with E-state index in [1.54, 1.807) is 11.3 Å². The van der Waals surface area contributed by atoms with Crippen molar-refractivity contribution >= 4 is 65.0 Å². The highest BCUT2D eigenvalue weighted by molar-refractivity contribution is 7.85. The van der Waals surface area contributed by atoms with Crippen LogP contribution in [0.25, 0.3) is 37.8 Å². The van der Waals surface area contributed by atoms with Crippen LogP contribution in [0.3, 0.4) is 0 Å². The lowest BCUT2D eigenvalue weighted by atomic mass is 10.1. The minimum atomic E-state index is -4.04. The molecule has 1 aliphatic rings. The highest BCUT2D eigenvalue weighted by Gasteiger charge is 2.28. The van der Waals surface area contributed by atoms with E-state index in [0.717, 1.165) is 61.9 Å². The van der Waals surface area contributed by atoms with Crippen LogP contribution in [0, 0.1) is 0 Å². The van der Waals surface area contributed by atoms with Gasteiger partial charge in [-0.15, -0.1) is 0 Å². The number of benzene rings is 4. The number of anilines is 1. The van der Waals surface area contributed by atoms with Gasteiger partial charge in [0.15, 0.2) is 12.3 Å². The first kappa shape index (κ1) is 26.5. The fourth-order valence-corrected chi connectivity index (χ4v) is 7.14. The second-order valence-corrected chi connectivity index (χ2v) is 12.5. The summed E-state index contributed by atoms with van der Waals surface area (Å²) in [7, 11) is -4.04. The molecule has 5 aromatic rings. The molecule has 8 heteroatoms. The van der Waals surface area contributed by atoms with E-state index < -0.39 is 10.1 Å². The van der Waals surface area contributed by atoms with Crippen molar-refractivity contribution in [2.24, 2.45) is 0 Å². The van der Waals surface area contributed by atoms with Crippen LogP contribution in [-0.2, 0) is 16.7 Å². The molecule has 204 valence electrons. The molecule has 1 aliphatic heterocycles. The molecule has 6 nitrogen and oxygen atoms in total. The number of allylic oxidation sites excluding steroid dienone is 2. The molecule has 0 unspecified atom stereocenters. The van der Waals surface area contributed by atoms with Crippen molar-refractivity contribution in [3.05, 3.63) is 95.3 Å². The van der Waals surface area contributed by atoms with Crippen LogP contribution in [0.15, 0.2) is 90.3 Å². The smallest absolute Gasteiger partial charge is 0.265 e. The third-order valence-electron chi connectivity index (χ3n) is 7.35. The highest BCUT2D eigenvalue weighted by Crippen LogP contribution is 2.44. The summed E-state index contributed by atoms with van der Waals surface area (Å²) in [6.45, 7) is 5.50. The molecule has 1 N–H and O–H groups in total. The zero-order valence-corrected chi connectivity index (χ0v) is 24.1. The second kappa shape index (κ2) is 10.7. The van der Waals surface area contributed by atoms with Crippen molar-refractivity contribution in [2.45, 2.75) is 33.2 Å². The topological polar surface area (TPSA) is 70.7 Å². The Labute approximate surface area is 238 Å². The van der Waals surface area contributed by atoms with Gasteiger partial charge in [0.05, 0.1) is 16.8 Å². The third kappa shape index (κ3) is 4.98. The first-order valence-corrected chi connectivity index (χ1v) is 16.0. The van der Waals surface area contributed by atoms with Crippen molar-refractivity contribution in [3.8, 4) is 5.75 Å². The lowest BCUT2D eigenvalue weighted by Crippen LogP contribution is -2.36. The van der Waals surface area contributed by atoms with Gasteiger partial charge < -0.3 is 9.64 Å². The van der Waals surface area contributed by atoms with Gasteiger partial charge in [0, 0.05) is 30.5 Å². The second-order valence-electron chi connectivity index (χ2n) is 9.90. The van der Waals surface area contributed by atoms with Gasteiger partial charge in [0.2, 0.25) is 11.4 Å². The molecule has 1 aromatic heterocycles. The molecule has 0 fully saturated rings. The number of fused-ring (bicyclic) bond motifs is 6. The predicted octanol–water partition coefficient (Wildman–Crippen LogP) is 7.33. The van der Waals surface area contributed by atoms with E-state index in [1.165, 1.54) is 10.8 Å². The molecule has 0 bridgehead atoms. The summed E-state index contributed by atoms with van der Waals surface area (Å²) in [6.07, 6.45) is 5.40. The number of aryl methyl sites for hydroxylation is 1. The van der Waals surface area contributed by atoms with E-state index in [4.69, 9.17) is 4.74 Å². The van der Waals surface area contributed by atoms with Crippen LogP contribution in [0.4, 0.5) is 5.69 Å². The maximum Gasteiger partial charge on any atom is 0.265 e. The summed E-state index contributed by atoms with van der Waals surface area (Å²) in [5.41, 5.74) is 3.28. The Morgan fingerprint density at radius 2 is 1.68 bits per heavy atom. The van der Waals surface area contributed by atoms with Gasteiger partial charge in [-0.3, -0.25) is 4.55 Å². The summed E-state index contributed by atoms with van der Waals surface area (Å²) >= 11 is 1.68. The normalized spacial score (nSPS) is 14.9. The van der Waals surface area contributed by atoms with Crippen molar-refractivity contribution in [1.29, 1.82) is 0 Å². The molecule has 0 atom stereocenters. The number of thiazole rings is 1. The molecular formula is C32H31N2O4S2+. The van der Waals surface area contributed by atoms with Crippen LogP contribution >= 0.6 is 11.3 Å². The zero-order valence-electron chi connectivity index (χ0n) is 22.5. The molecule has 40 heavy (non-hydrogen) atoms. The Morgan fingerprint density at radius 3 is 2.40 bits per heavy atom. The van der Waals surface area contributed by atoms with Crippen LogP contribution < -0.4 is 14.2 Å². The van der Waals surface area contributed by atoms with Crippen molar-refractivity contribution in [2.75, 3.05) is 17.2 Å². The van der Waals surface area contributed by atoms with Crippen LogP contribution in [0.5, 0.6) is 5.75 Å². The monoisotopic (exact) mass is 571 g/mol. The molecule has 4 aromatic carbocycles. The predicted molar refractivity (Wildman–Crippen MR) is 165 cm³/mol. The fourth-order valence-electron chi connectivity index (χ4n) is 5.47. The largest absolute Gasteiger partial charge is 0.439 e. The Morgan fingerprint density at radius 1 is 0.975 bits per heavy atom. The van der Waals surface area contributed by atoms with E-state index >= 15 is 0 Å². The van der Waals surface area contributed by atoms with Crippen LogP contribution in [0.1, 0.15) is 31.7 Å². The average molecular weight is 572 g/mol. The molecule has 6 rings (SSSR count). The number of ether oxygens (including phenoxy) is 1. The van der Waals surface area contributed by atoms with E-state index in [2.05, 4.69) is 90.1 Å². The van der Waals surface area contributed by atoms with E-state index in [9.17, 15) is 13.0 Å². The van der Waals surface area contributed by atoms with E-state index in [0.29, 0.717) is 13.0 Å². The number of hydrogen-bond acceptors (Lipinski definition) is 5. The highest BCUT2D eigenvalue weighted by atomic mass is 32.2. The third-order valence-corrected chi connectivity index (χ3v) is 9.26. The van der Waals surface area contributed by atoms with Crippen LogP contribution in [0.2, 0.25) is 0 Å². The lowest BCUT2D eigenvalue weighted by molar-refractivity contribution is -0.667. The lowest BCUT2D eigenvalue weighted by Gasteiger charge is -2.17. The Kier molecular flexibility index (Phi) is 7.08. The molecule has 0 aliphatic carbocycles. The van der Waals surface area contributed by atoms with Crippen molar-refractivity contribution < 1.29 is 22.3 Å². The summed E-state index contributed by atoms with van der Waals surface area (Å²) < 4.78 is 42.0. The van der Waals surface area contributed by atoms with Crippen molar-refractivity contribution in [1.82, 2.24) is 0 Å². The minimum Gasteiger partial charge on any atom is -0.439 e. The van der Waals surface area contributed by atoms with Gasteiger partial charge in [0.1, 0.15) is 4.70 Å². The molecule has 0 spiro atoms.